The minimum absolute atomic E-state index is 0.214. The van der Waals surface area contributed by atoms with Gasteiger partial charge in [0.25, 0.3) is 0 Å². The number of benzene rings is 1. The van der Waals surface area contributed by atoms with Gasteiger partial charge in [0.05, 0.1) is 6.10 Å². The number of hydrogen-bond acceptors (Lipinski definition) is 2. The van der Waals surface area contributed by atoms with E-state index in [1.165, 1.54) is 11.1 Å². The molecule has 1 aromatic carbocycles. The molecule has 4 heteroatoms. The molecule has 1 aromatic rings. The maximum Gasteiger partial charge on any atom is 0.404 e. The van der Waals surface area contributed by atoms with Crippen LogP contribution in [0.4, 0.5) is 4.79 Å². The minimum Gasteiger partial charge on any atom is -0.465 e. The molecule has 0 fully saturated rings. The van der Waals surface area contributed by atoms with E-state index in [0.717, 1.165) is 38.5 Å². The molecule has 0 aliphatic carbocycles. The minimum atomic E-state index is -0.952. The molecule has 0 spiro atoms. The van der Waals surface area contributed by atoms with Crippen molar-refractivity contribution in [2.45, 2.75) is 51.6 Å². The highest BCUT2D eigenvalue weighted by molar-refractivity contribution is 5.64. The Kier molecular flexibility index (Phi) is 7.73. The molecule has 4 nitrogen and oxygen atoms in total. The molecule has 0 bridgehead atoms. The van der Waals surface area contributed by atoms with Gasteiger partial charge in [0.2, 0.25) is 0 Å². The summed E-state index contributed by atoms with van der Waals surface area (Å²) in [5.41, 5.74) is 2.60. The van der Waals surface area contributed by atoms with Gasteiger partial charge in [-0.05, 0) is 56.6 Å². The Balaban J connectivity index is 2.19. The van der Waals surface area contributed by atoms with Crippen molar-refractivity contribution >= 4 is 6.09 Å². The first kappa shape index (κ1) is 16.5. The average Bonchev–Trinajstić information content (AvgIpc) is 2.39. The van der Waals surface area contributed by atoms with E-state index in [1.807, 2.05) is 6.92 Å². The number of unbranched alkanes of at least 4 members (excludes halogenated alkanes) is 1. The lowest BCUT2D eigenvalue weighted by atomic mass is 10.0. The number of carboxylic acid groups (broad SMARTS) is 1. The molecule has 1 amide bonds. The number of aliphatic hydroxyl groups is 1. The topological polar surface area (TPSA) is 69.6 Å². The fourth-order valence-corrected chi connectivity index (χ4v) is 2.12. The molecule has 0 heterocycles. The maximum absolute atomic E-state index is 10.3. The highest BCUT2D eigenvalue weighted by Gasteiger charge is 1.99. The van der Waals surface area contributed by atoms with E-state index < -0.39 is 6.09 Å². The number of hydrogen-bond donors (Lipinski definition) is 3. The van der Waals surface area contributed by atoms with Crippen molar-refractivity contribution in [3.05, 3.63) is 35.4 Å². The van der Waals surface area contributed by atoms with Crippen LogP contribution in [0.2, 0.25) is 0 Å². The van der Waals surface area contributed by atoms with Crippen LogP contribution in [0.5, 0.6) is 0 Å². The third kappa shape index (κ3) is 7.79. The second-order valence-electron chi connectivity index (χ2n) is 5.25. The van der Waals surface area contributed by atoms with Crippen LogP contribution in [0.15, 0.2) is 24.3 Å². The number of amides is 1. The van der Waals surface area contributed by atoms with E-state index in [4.69, 9.17) is 5.11 Å². The molecule has 3 N–H and O–H groups in total. The Morgan fingerprint density at radius 3 is 2.15 bits per heavy atom. The maximum atomic E-state index is 10.3. The van der Waals surface area contributed by atoms with Crippen molar-refractivity contribution < 1.29 is 15.0 Å². The van der Waals surface area contributed by atoms with E-state index in [2.05, 4.69) is 29.6 Å². The van der Waals surface area contributed by atoms with Crippen molar-refractivity contribution in [3.63, 3.8) is 0 Å². The molecule has 112 valence electrons. The van der Waals surface area contributed by atoms with Crippen LogP contribution in [0, 0.1) is 0 Å². The molecular formula is C16H25NO3. The van der Waals surface area contributed by atoms with Crippen LogP contribution in [0.1, 0.15) is 43.7 Å². The molecule has 1 rings (SSSR count). The van der Waals surface area contributed by atoms with E-state index in [-0.39, 0.29) is 6.10 Å². The zero-order valence-electron chi connectivity index (χ0n) is 12.1. The van der Waals surface area contributed by atoms with Gasteiger partial charge < -0.3 is 15.5 Å². The SMILES string of the molecule is CC(O)CCCc1ccc(CCCCNC(=O)O)cc1. The lowest BCUT2D eigenvalue weighted by molar-refractivity contribution is 0.181. The van der Waals surface area contributed by atoms with Gasteiger partial charge in [-0.25, -0.2) is 4.79 Å². The fraction of sp³-hybridized carbons (Fsp3) is 0.562. The van der Waals surface area contributed by atoms with Gasteiger partial charge in [0.1, 0.15) is 0 Å². The molecule has 1 unspecified atom stereocenters. The van der Waals surface area contributed by atoms with Gasteiger partial charge in [-0.1, -0.05) is 24.3 Å². The summed E-state index contributed by atoms with van der Waals surface area (Å²) in [4.78, 5) is 10.3. The number of nitrogens with one attached hydrogen (secondary N) is 1. The van der Waals surface area contributed by atoms with Gasteiger partial charge in [-0.15, -0.1) is 0 Å². The molecule has 0 saturated heterocycles. The Morgan fingerprint density at radius 2 is 1.65 bits per heavy atom. The van der Waals surface area contributed by atoms with Crippen molar-refractivity contribution in [1.82, 2.24) is 5.32 Å². The molecule has 0 radical (unpaired) electrons. The molecular weight excluding hydrogens is 254 g/mol. The lowest BCUT2D eigenvalue weighted by Crippen LogP contribution is -2.21. The monoisotopic (exact) mass is 279 g/mol. The van der Waals surface area contributed by atoms with E-state index in [0.29, 0.717) is 6.54 Å². The predicted molar refractivity (Wildman–Crippen MR) is 80.0 cm³/mol. The van der Waals surface area contributed by atoms with Gasteiger partial charge in [0.15, 0.2) is 0 Å². The van der Waals surface area contributed by atoms with Crippen LogP contribution in [0.3, 0.4) is 0 Å². The summed E-state index contributed by atoms with van der Waals surface area (Å²) in [5.74, 6) is 0. The summed E-state index contributed by atoms with van der Waals surface area (Å²) in [6.07, 6.45) is 4.53. The molecule has 0 saturated carbocycles. The summed E-state index contributed by atoms with van der Waals surface area (Å²) < 4.78 is 0. The van der Waals surface area contributed by atoms with Crippen molar-refractivity contribution in [3.8, 4) is 0 Å². The second kappa shape index (κ2) is 9.37. The first-order valence-electron chi connectivity index (χ1n) is 7.30. The zero-order chi connectivity index (χ0) is 14.8. The third-order valence-electron chi connectivity index (χ3n) is 3.28. The van der Waals surface area contributed by atoms with Gasteiger partial charge in [-0.3, -0.25) is 0 Å². The summed E-state index contributed by atoms with van der Waals surface area (Å²) >= 11 is 0. The van der Waals surface area contributed by atoms with E-state index >= 15 is 0 Å². The smallest absolute Gasteiger partial charge is 0.404 e. The van der Waals surface area contributed by atoms with E-state index in [9.17, 15) is 9.90 Å². The second-order valence-corrected chi connectivity index (χ2v) is 5.25. The van der Waals surface area contributed by atoms with Crippen LogP contribution in [-0.2, 0) is 12.8 Å². The Bertz CT molecular complexity index is 387. The summed E-state index contributed by atoms with van der Waals surface area (Å²) in [6.45, 7) is 2.34. The predicted octanol–water partition coefficient (Wildman–Crippen LogP) is 2.98. The first-order valence-corrected chi connectivity index (χ1v) is 7.30. The molecule has 0 aromatic heterocycles. The third-order valence-corrected chi connectivity index (χ3v) is 3.28. The first-order chi connectivity index (χ1) is 9.58. The Hall–Kier alpha value is -1.55. The van der Waals surface area contributed by atoms with Crippen molar-refractivity contribution in [2.75, 3.05) is 6.54 Å². The van der Waals surface area contributed by atoms with Gasteiger partial charge in [-0.2, -0.15) is 0 Å². The van der Waals surface area contributed by atoms with Crippen LogP contribution < -0.4 is 5.32 Å². The van der Waals surface area contributed by atoms with Crippen molar-refractivity contribution in [1.29, 1.82) is 0 Å². The van der Waals surface area contributed by atoms with Crippen LogP contribution in [-0.4, -0.2) is 29.0 Å². The molecule has 0 aliphatic heterocycles. The Morgan fingerprint density at radius 1 is 1.10 bits per heavy atom. The zero-order valence-corrected chi connectivity index (χ0v) is 12.1. The quantitative estimate of drug-likeness (QED) is 0.609. The molecule has 1 atom stereocenters. The largest absolute Gasteiger partial charge is 0.465 e. The fourth-order valence-electron chi connectivity index (χ4n) is 2.12. The normalized spacial score (nSPS) is 12.1. The van der Waals surface area contributed by atoms with Gasteiger partial charge in [0, 0.05) is 6.54 Å². The number of aliphatic hydroxyl groups excluding tert-OH is 1. The number of aryl methyl sites for hydroxylation is 2. The summed E-state index contributed by atoms with van der Waals surface area (Å²) in [6, 6.07) is 8.57. The highest BCUT2D eigenvalue weighted by atomic mass is 16.4. The van der Waals surface area contributed by atoms with Crippen molar-refractivity contribution in [2.24, 2.45) is 0 Å². The highest BCUT2D eigenvalue weighted by Crippen LogP contribution is 2.11. The van der Waals surface area contributed by atoms with E-state index in [1.54, 1.807) is 0 Å². The standard InChI is InChI=1S/C16H25NO3/c1-13(18)5-4-7-15-10-8-14(9-11-15)6-2-3-12-17-16(19)20/h8-11,13,17-18H,2-7,12H2,1H3,(H,19,20). The van der Waals surface area contributed by atoms with Gasteiger partial charge >= 0.3 is 6.09 Å². The average molecular weight is 279 g/mol. The van der Waals surface area contributed by atoms with Crippen LogP contribution >= 0.6 is 0 Å². The number of rotatable bonds is 9. The Labute approximate surface area is 120 Å². The lowest BCUT2D eigenvalue weighted by Gasteiger charge is -2.06. The summed E-state index contributed by atoms with van der Waals surface area (Å²) in [5, 5.41) is 20.0. The summed E-state index contributed by atoms with van der Waals surface area (Å²) in [7, 11) is 0. The molecule has 20 heavy (non-hydrogen) atoms. The van der Waals surface area contributed by atoms with Crippen LogP contribution in [0.25, 0.3) is 0 Å². The molecule has 0 aliphatic rings. The number of carbonyl (C=O) groups is 1.